The Morgan fingerprint density at radius 2 is 2.12 bits per heavy atom. The molecule has 4 heteroatoms. The van der Waals surface area contributed by atoms with Gasteiger partial charge in [0.25, 0.3) is 0 Å². The predicted octanol–water partition coefficient (Wildman–Crippen LogP) is 4.57. The van der Waals surface area contributed by atoms with E-state index < -0.39 is 0 Å². The van der Waals surface area contributed by atoms with Crippen molar-refractivity contribution in [2.24, 2.45) is 0 Å². The lowest BCUT2D eigenvalue weighted by atomic mass is 10.0. The van der Waals surface area contributed by atoms with Crippen molar-refractivity contribution in [2.45, 2.75) is 38.7 Å². The van der Waals surface area contributed by atoms with E-state index in [4.69, 9.17) is 4.74 Å². The number of anilines is 1. The van der Waals surface area contributed by atoms with Crippen molar-refractivity contribution in [1.29, 1.82) is 0 Å². The minimum absolute atomic E-state index is 0.0539. The Labute approximate surface area is 143 Å². The number of carbonyl (C=O) groups excluding carboxylic acids is 1. The molecule has 1 heterocycles. The van der Waals surface area contributed by atoms with Crippen LogP contribution in [-0.4, -0.2) is 37.2 Å². The summed E-state index contributed by atoms with van der Waals surface area (Å²) in [4.78, 5) is 14.3. The third-order valence-electron chi connectivity index (χ3n) is 4.76. The second kappa shape index (κ2) is 7.67. The zero-order valence-electron chi connectivity index (χ0n) is 14.5. The van der Waals surface area contributed by atoms with Gasteiger partial charge in [0, 0.05) is 25.6 Å². The van der Waals surface area contributed by atoms with Crippen LogP contribution in [0.3, 0.4) is 0 Å². The van der Waals surface area contributed by atoms with Crippen LogP contribution in [0.4, 0.5) is 10.5 Å². The number of rotatable bonds is 5. The van der Waals surface area contributed by atoms with Crippen molar-refractivity contribution in [1.82, 2.24) is 4.90 Å². The lowest BCUT2D eigenvalue weighted by Gasteiger charge is -2.20. The molecule has 3 rings (SSSR count). The van der Waals surface area contributed by atoms with Crippen molar-refractivity contribution in [3.05, 3.63) is 42.0 Å². The van der Waals surface area contributed by atoms with Gasteiger partial charge in [0.2, 0.25) is 0 Å². The molecule has 2 aromatic rings. The Balaban J connectivity index is 1.60. The van der Waals surface area contributed by atoms with E-state index in [0.717, 1.165) is 54.4 Å². The number of hydrogen-bond donors (Lipinski definition) is 1. The molecular weight excluding hydrogens is 300 g/mol. The highest BCUT2D eigenvalue weighted by molar-refractivity contribution is 6.02. The fraction of sp³-hybridized carbons (Fsp3) is 0.450. The van der Waals surface area contributed by atoms with E-state index in [-0.39, 0.29) is 6.03 Å². The quantitative estimate of drug-likeness (QED) is 0.874. The fourth-order valence-electron chi connectivity index (χ4n) is 3.28. The van der Waals surface area contributed by atoms with Crippen molar-refractivity contribution in [3.63, 3.8) is 0 Å². The Kier molecular flexibility index (Phi) is 5.36. The first-order chi connectivity index (χ1) is 11.6. The van der Waals surface area contributed by atoms with E-state index in [9.17, 15) is 4.79 Å². The van der Waals surface area contributed by atoms with Gasteiger partial charge in [-0.15, -0.1) is 0 Å². The molecule has 1 fully saturated rings. The second-order valence-corrected chi connectivity index (χ2v) is 6.61. The summed E-state index contributed by atoms with van der Waals surface area (Å²) in [6.07, 6.45) is 4.72. The van der Waals surface area contributed by atoms with Gasteiger partial charge < -0.3 is 15.0 Å². The first-order valence-corrected chi connectivity index (χ1v) is 8.77. The third-order valence-corrected chi connectivity index (χ3v) is 4.76. The van der Waals surface area contributed by atoms with Crippen LogP contribution in [0.2, 0.25) is 0 Å². The number of hydrogen-bond acceptors (Lipinski definition) is 2. The van der Waals surface area contributed by atoms with Crippen LogP contribution in [0.1, 0.15) is 31.2 Å². The van der Waals surface area contributed by atoms with Gasteiger partial charge in [-0.3, -0.25) is 0 Å². The Morgan fingerprint density at radius 3 is 2.92 bits per heavy atom. The highest BCUT2D eigenvalue weighted by Crippen LogP contribution is 2.27. The molecule has 2 aromatic carbocycles. The van der Waals surface area contributed by atoms with Gasteiger partial charge in [0.05, 0.1) is 11.8 Å². The molecule has 24 heavy (non-hydrogen) atoms. The molecule has 1 unspecified atom stereocenters. The molecule has 0 aliphatic carbocycles. The molecule has 128 valence electrons. The molecule has 1 aliphatic rings. The topological polar surface area (TPSA) is 41.6 Å². The maximum absolute atomic E-state index is 12.5. The maximum Gasteiger partial charge on any atom is 0.321 e. The molecule has 0 radical (unpaired) electrons. The average Bonchev–Trinajstić information content (AvgIpc) is 3.10. The summed E-state index contributed by atoms with van der Waals surface area (Å²) in [6, 6.07) is 12.2. The van der Waals surface area contributed by atoms with Crippen molar-refractivity contribution >= 4 is 22.5 Å². The summed E-state index contributed by atoms with van der Waals surface area (Å²) in [5.41, 5.74) is 1.99. The number of aryl methyl sites for hydroxylation is 1. The van der Waals surface area contributed by atoms with E-state index in [1.165, 1.54) is 6.42 Å². The summed E-state index contributed by atoms with van der Waals surface area (Å²) in [5.74, 6) is 0. The SMILES string of the molecule is Cc1ccc2ccccc2c1NC(=O)N(C)CCCC1CCCO1. The van der Waals surface area contributed by atoms with Crippen LogP contribution in [0.15, 0.2) is 36.4 Å². The van der Waals surface area contributed by atoms with Gasteiger partial charge in [0.15, 0.2) is 0 Å². The summed E-state index contributed by atoms with van der Waals surface area (Å²) < 4.78 is 5.64. The number of benzene rings is 2. The van der Waals surface area contributed by atoms with Crippen molar-refractivity contribution in [2.75, 3.05) is 25.5 Å². The molecule has 0 bridgehead atoms. The molecule has 0 spiro atoms. The normalized spacial score (nSPS) is 17.2. The molecule has 1 aliphatic heterocycles. The Morgan fingerprint density at radius 1 is 1.29 bits per heavy atom. The molecule has 2 amide bonds. The average molecular weight is 326 g/mol. The van der Waals surface area contributed by atoms with Gasteiger partial charge in [-0.2, -0.15) is 0 Å². The lowest BCUT2D eigenvalue weighted by Crippen LogP contribution is -2.32. The molecule has 1 N–H and O–H groups in total. The minimum Gasteiger partial charge on any atom is -0.378 e. The van der Waals surface area contributed by atoms with Gasteiger partial charge in [-0.05, 0) is 43.6 Å². The van der Waals surface area contributed by atoms with Gasteiger partial charge in [0.1, 0.15) is 0 Å². The zero-order chi connectivity index (χ0) is 16.9. The molecule has 0 saturated carbocycles. The fourth-order valence-corrected chi connectivity index (χ4v) is 3.28. The summed E-state index contributed by atoms with van der Waals surface area (Å²) in [5, 5.41) is 5.31. The summed E-state index contributed by atoms with van der Waals surface area (Å²) in [6.45, 7) is 3.66. The molecule has 4 nitrogen and oxygen atoms in total. The first kappa shape index (κ1) is 16.8. The molecule has 0 aromatic heterocycles. The van der Waals surface area contributed by atoms with E-state index in [1.54, 1.807) is 4.90 Å². The first-order valence-electron chi connectivity index (χ1n) is 8.77. The van der Waals surface area contributed by atoms with E-state index in [2.05, 4.69) is 29.6 Å². The number of amides is 2. The lowest BCUT2D eigenvalue weighted by molar-refractivity contribution is 0.101. The number of ether oxygens (including phenoxy) is 1. The number of nitrogens with one attached hydrogen (secondary N) is 1. The van der Waals surface area contributed by atoms with Crippen LogP contribution in [-0.2, 0) is 4.74 Å². The number of fused-ring (bicyclic) bond motifs is 1. The van der Waals surface area contributed by atoms with Crippen LogP contribution in [0, 0.1) is 6.92 Å². The Bertz CT molecular complexity index is 708. The number of nitrogens with zero attached hydrogens (tertiary/aromatic N) is 1. The Hall–Kier alpha value is -2.07. The summed E-state index contributed by atoms with van der Waals surface area (Å²) >= 11 is 0. The minimum atomic E-state index is -0.0539. The molecule has 1 atom stereocenters. The largest absolute Gasteiger partial charge is 0.378 e. The van der Waals surface area contributed by atoms with Crippen LogP contribution in [0.5, 0.6) is 0 Å². The van der Waals surface area contributed by atoms with Gasteiger partial charge in [-0.25, -0.2) is 4.79 Å². The number of urea groups is 1. The molecular formula is C20H26N2O2. The van der Waals surface area contributed by atoms with Crippen LogP contribution in [0.25, 0.3) is 10.8 Å². The van der Waals surface area contributed by atoms with Crippen LogP contribution < -0.4 is 5.32 Å². The second-order valence-electron chi connectivity index (χ2n) is 6.61. The van der Waals surface area contributed by atoms with Crippen LogP contribution >= 0.6 is 0 Å². The third kappa shape index (κ3) is 3.88. The highest BCUT2D eigenvalue weighted by Gasteiger charge is 2.16. The molecule has 1 saturated heterocycles. The number of carbonyl (C=O) groups is 1. The van der Waals surface area contributed by atoms with E-state index in [0.29, 0.717) is 6.10 Å². The van der Waals surface area contributed by atoms with Gasteiger partial charge >= 0.3 is 6.03 Å². The van der Waals surface area contributed by atoms with Gasteiger partial charge in [-0.1, -0.05) is 36.4 Å². The smallest absolute Gasteiger partial charge is 0.321 e. The van der Waals surface area contributed by atoms with Crippen molar-refractivity contribution in [3.8, 4) is 0 Å². The van der Waals surface area contributed by atoms with E-state index >= 15 is 0 Å². The standard InChI is InChI=1S/C20H26N2O2/c1-15-11-12-16-7-3-4-10-18(16)19(15)21-20(23)22(2)13-5-8-17-9-6-14-24-17/h3-4,7,10-12,17H,5-6,8-9,13-14H2,1-2H3,(H,21,23). The summed E-state index contributed by atoms with van der Waals surface area (Å²) in [7, 11) is 1.85. The zero-order valence-corrected chi connectivity index (χ0v) is 14.5. The maximum atomic E-state index is 12.5. The van der Waals surface area contributed by atoms with E-state index in [1.807, 2.05) is 26.1 Å². The highest BCUT2D eigenvalue weighted by atomic mass is 16.5. The monoisotopic (exact) mass is 326 g/mol. The predicted molar refractivity (Wildman–Crippen MR) is 98.5 cm³/mol. The van der Waals surface area contributed by atoms with Crippen molar-refractivity contribution < 1.29 is 9.53 Å².